The van der Waals surface area contributed by atoms with Crippen molar-refractivity contribution < 1.29 is 0 Å². The third kappa shape index (κ3) is 3.46. The molecule has 0 saturated heterocycles. The smallest absolute Gasteiger partial charge is 0.0702 e. The molecule has 0 aliphatic rings. The van der Waals surface area contributed by atoms with Crippen LogP contribution in [0, 0.1) is 0 Å². The number of aromatic nitrogens is 1. The highest BCUT2D eigenvalue weighted by Crippen LogP contribution is 2.38. The van der Waals surface area contributed by atoms with Gasteiger partial charge in [0, 0.05) is 15.2 Å². The number of rotatable bonds is 1. The van der Waals surface area contributed by atoms with Crippen LogP contribution in [0.1, 0.15) is 52.7 Å². The molecule has 4 aromatic rings. The Morgan fingerprint density at radius 3 is 1.62 bits per heavy atom. The van der Waals surface area contributed by atoms with E-state index in [0.717, 1.165) is 15.8 Å². The number of halogens is 1. The second-order valence-electron chi connectivity index (χ2n) is 10.0. The molecular weight excluding hydrogens is 420 g/mol. The minimum Gasteiger partial charge on any atom is -0.397 e. The highest BCUT2D eigenvalue weighted by molar-refractivity contribution is 9.10. The number of nitrogen functional groups attached to an aromatic ring is 1. The predicted octanol–water partition coefficient (Wildman–Crippen LogP) is 7.72. The Morgan fingerprint density at radius 1 is 0.690 bits per heavy atom. The molecule has 150 valence electrons. The van der Waals surface area contributed by atoms with Crippen LogP contribution in [0.25, 0.3) is 27.5 Å². The number of hydrogen-bond donors (Lipinski definition) is 1. The van der Waals surface area contributed by atoms with Gasteiger partial charge in [0.15, 0.2) is 0 Å². The molecule has 2 N–H and O–H groups in total. The Labute approximate surface area is 181 Å². The first-order valence-electron chi connectivity index (χ1n) is 10.1. The number of fused-ring (bicyclic) bond motifs is 3. The van der Waals surface area contributed by atoms with Gasteiger partial charge in [-0.3, -0.25) is 0 Å². The summed E-state index contributed by atoms with van der Waals surface area (Å²) in [5, 5.41) is 2.55. The highest BCUT2D eigenvalue weighted by atomic mass is 79.9. The van der Waals surface area contributed by atoms with E-state index in [-0.39, 0.29) is 10.8 Å². The summed E-state index contributed by atoms with van der Waals surface area (Å²) in [6.45, 7) is 13.6. The van der Waals surface area contributed by atoms with E-state index >= 15 is 0 Å². The van der Waals surface area contributed by atoms with Crippen LogP contribution in [-0.4, -0.2) is 4.57 Å². The zero-order valence-corrected chi connectivity index (χ0v) is 19.7. The first-order chi connectivity index (χ1) is 13.5. The molecule has 1 heterocycles. The van der Waals surface area contributed by atoms with Crippen molar-refractivity contribution in [1.82, 2.24) is 4.57 Å². The Balaban J connectivity index is 2.16. The molecule has 2 nitrogen and oxygen atoms in total. The van der Waals surface area contributed by atoms with Crippen molar-refractivity contribution in [3.8, 4) is 5.69 Å². The van der Waals surface area contributed by atoms with Crippen molar-refractivity contribution in [3.63, 3.8) is 0 Å². The molecular formula is C26H29BrN2. The average molecular weight is 449 g/mol. The fourth-order valence-corrected chi connectivity index (χ4v) is 4.28. The normalized spacial score (nSPS) is 12.8. The number of nitrogens with zero attached hydrogens (tertiary/aromatic N) is 1. The van der Waals surface area contributed by atoms with Crippen LogP contribution < -0.4 is 5.73 Å². The van der Waals surface area contributed by atoms with Gasteiger partial charge < -0.3 is 10.3 Å². The minimum atomic E-state index is 0.0963. The quantitative estimate of drug-likeness (QED) is 0.296. The van der Waals surface area contributed by atoms with E-state index < -0.39 is 0 Å². The van der Waals surface area contributed by atoms with Crippen molar-refractivity contribution in [2.24, 2.45) is 0 Å². The molecule has 0 radical (unpaired) electrons. The van der Waals surface area contributed by atoms with E-state index in [1.54, 1.807) is 0 Å². The summed E-state index contributed by atoms with van der Waals surface area (Å²) in [5.41, 5.74) is 13.4. The van der Waals surface area contributed by atoms with Gasteiger partial charge in [0.2, 0.25) is 0 Å². The molecule has 0 unspecified atom stereocenters. The van der Waals surface area contributed by atoms with Gasteiger partial charge >= 0.3 is 0 Å². The third-order valence-electron chi connectivity index (χ3n) is 5.73. The predicted molar refractivity (Wildman–Crippen MR) is 130 cm³/mol. The molecule has 29 heavy (non-hydrogen) atoms. The maximum Gasteiger partial charge on any atom is 0.0702 e. The third-order valence-corrected chi connectivity index (χ3v) is 6.22. The molecule has 0 bridgehead atoms. The number of anilines is 1. The SMILES string of the molecule is CC(C)(C)c1ccc2c(c1)c1cc(C(C)(C)C)ccc1n2-c1cc(Br)ccc1N. The number of benzene rings is 3. The van der Waals surface area contributed by atoms with E-state index in [1.165, 1.54) is 32.9 Å². The first kappa shape index (κ1) is 20.0. The van der Waals surface area contributed by atoms with Gasteiger partial charge in [-0.05, 0) is 64.4 Å². The van der Waals surface area contributed by atoms with E-state index in [4.69, 9.17) is 5.73 Å². The summed E-state index contributed by atoms with van der Waals surface area (Å²) in [6, 6.07) is 19.7. The Hall–Kier alpha value is -2.26. The lowest BCUT2D eigenvalue weighted by Gasteiger charge is -2.19. The summed E-state index contributed by atoms with van der Waals surface area (Å²) < 4.78 is 3.32. The lowest BCUT2D eigenvalue weighted by atomic mass is 9.85. The second-order valence-corrected chi connectivity index (χ2v) is 10.9. The zero-order chi connectivity index (χ0) is 21.1. The molecule has 1 aromatic heterocycles. The summed E-state index contributed by atoms with van der Waals surface area (Å²) in [5.74, 6) is 0. The molecule has 0 fully saturated rings. The summed E-state index contributed by atoms with van der Waals surface area (Å²) in [7, 11) is 0. The van der Waals surface area contributed by atoms with Crippen LogP contribution in [0.15, 0.2) is 59.1 Å². The number of nitrogens with two attached hydrogens (primary N) is 1. The summed E-state index contributed by atoms with van der Waals surface area (Å²) in [6.07, 6.45) is 0. The number of hydrogen-bond acceptors (Lipinski definition) is 1. The van der Waals surface area contributed by atoms with Crippen LogP contribution >= 0.6 is 15.9 Å². The fraction of sp³-hybridized carbons (Fsp3) is 0.308. The van der Waals surface area contributed by atoms with E-state index in [0.29, 0.717) is 0 Å². The molecule has 0 amide bonds. The van der Waals surface area contributed by atoms with Gasteiger partial charge in [0.05, 0.1) is 22.4 Å². The molecule has 0 aliphatic heterocycles. The highest BCUT2D eigenvalue weighted by Gasteiger charge is 2.21. The second kappa shape index (κ2) is 6.63. The molecule has 0 saturated carbocycles. The lowest BCUT2D eigenvalue weighted by molar-refractivity contribution is 0.590. The van der Waals surface area contributed by atoms with Gasteiger partial charge in [0.1, 0.15) is 0 Å². The van der Waals surface area contributed by atoms with Crippen LogP contribution in [0.2, 0.25) is 0 Å². The van der Waals surface area contributed by atoms with Gasteiger partial charge in [-0.1, -0.05) is 69.6 Å². The van der Waals surface area contributed by atoms with E-state index in [2.05, 4.69) is 105 Å². The molecule has 0 aliphatic carbocycles. The van der Waals surface area contributed by atoms with Crippen LogP contribution in [-0.2, 0) is 10.8 Å². The monoisotopic (exact) mass is 448 g/mol. The minimum absolute atomic E-state index is 0.0963. The van der Waals surface area contributed by atoms with E-state index in [9.17, 15) is 0 Å². The van der Waals surface area contributed by atoms with Gasteiger partial charge in [-0.25, -0.2) is 0 Å². The molecule has 3 heteroatoms. The molecule has 0 atom stereocenters. The Bertz CT molecular complexity index is 1160. The Morgan fingerprint density at radius 2 is 1.17 bits per heavy atom. The van der Waals surface area contributed by atoms with Gasteiger partial charge in [0.25, 0.3) is 0 Å². The fourth-order valence-electron chi connectivity index (χ4n) is 3.93. The van der Waals surface area contributed by atoms with Crippen LogP contribution in [0.5, 0.6) is 0 Å². The summed E-state index contributed by atoms with van der Waals surface area (Å²) in [4.78, 5) is 0. The molecule has 0 spiro atoms. The Kier molecular flexibility index (Phi) is 4.58. The first-order valence-corrected chi connectivity index (χ1v) is 10.9. The standard InChI is InChI=1S/C26H29BrN2/c1-25(2,3)16-7-11-22-19(13-16)20-14-17(26(4,5)6)8-12-23(20)29(22)24-15-18(27)9-10-21(24)28/h7-15H,28H2,1-6H3. The average Bonchev–Trinajstić information content (AvgIpc) is 2.95. The van der Waals surface area contributed by atoms with Crippen LogP contribution in [0.3, 0.4) is 0 Å². The van der Waals surface area contributed by atoms with Gasteiger partial charge in [-0.2, -0.15) is 0 Å². The van der Waals surface area contributed by atoms with Crippen molar-refractivity contribution >= 4 is 43.4 Å². The topological polar surface area (TPSA) is 30.9 Å². The maximum absolute atomic E-state index is 6.42. The molecule has 3 aromatic carbocycles. The van der Waals surface area contributed by atoms with Crippen molar-refractivity contribution in [1.29, 1.82) is 0 Å². The maximum atomic E-state index is 6.42. The zero-order valence-electron chi connectivity index (χ0n) is 18.1. The van der Waals surface area contributed by atoms with Gasteiger partial charge in [-0.15, -0.1) is 0 Å². The van der Waals surface area contributed by atoms with Crippen LogP contribution in [0.4, 0.5) is 5.69 Å². The van der Waals surface area contributed by atoms with Crippen molar-refractivity contribution in [2.45, 2.75) is 52.4 Å². The summed E-state index contributed by atoms with van der Waals surface area (Å²) >= 11 is 3.62. The van der Waals surface area contributed by atoms with Crippen molar-refractivity contribution in [2.75, 3.05) is 5.73 Å². The lowest BCUT2D eigenvalue weighted by Crippen LogP contribution is -2.10. The van der Waals surface area contributed by atoms with Crippen molar-refractivity contribution in [3.05, 3.63) is 70.2 Å². The largest absolute Gasteiger partial charge is 0.397 e. The molecule has 4 rings (SSSR count). The van der Waals surface area contributed by atoms with E-state index in [1.807, 2.05) is 12.1 Å².